The van der Waals surface area contributed by atoms with Crippen molar-refractivity contribution in [3.63, 3.8) is 0 Å². The summed E-state index contributed by atoms with van der Waals surface area (Å²) in [5, 5.41) is 1.28. The number of urea groups is 1. The monoisotopic (exact) mass is 335 g/mol. The highest BCUT2D eigenvalue weighted by Crippen LogP contribution is 2.26. The molecule has 122 valence electrons. The molecule has 8 heteroatoms. The normalized spacial score (nSPS) is 19.0. The molecule has 0 aliphatic carbocycles. The third-order valence-corrected chi connectivity index (χ3v) is 5.28. The van der Waals surface area contributed by atoms with Gasteiger partial charge in [0.25, 0.3) is 10.1 Å². The summed E-state index contributed by atoms with van der Waals surface area (Å²) in [6.45, 7) is 0.704. The van der Waals surface area contributed by atoms with Crippen LogP contribution >= 0.6 is 0 Å². The van der Waals surface area contributed by atoms with E-state index in [1.807, 2.05) is 0 Å². The molecule has 1 atom stereocenters. The highest BCUT2D eigenvalue weighted by molar-refractivity contribution is 7.87. The largest absolute Gasteiger partial charge is 0.351 e. The van der Waals surface area contributed by atoms with Crippen molar-refractivity contribution in [3.8, 4) is 0 Å². The molecule has 0 saturated carbocycles. The van der Waals surface area contributed by atoms with Gasteiger partial charge in [-0.15, -0.1) is 0 Å². The summed E-state index contributed by atoms with van der Waals surface area (Å²) in [6, 6.07) is 6.02. The van der Waals surface area contributed by atoms with Gasteiger partial charge in [0.2, 0.25) is 0 Å². The van der Waals surface area contributed by atoms with Crippen LogP contribution < -0.4 is 5.73 Å². The molecule has 1 fully saturated rings. The molecule has 0 bridgehead atoms. The number of nitrogens with zero attached hydrogens (tertiary/aromatic N) is 2. The number of likely N-dealkylation sites (tertiary alicyclic amines) is 1. The van der Waals surface area contributed by atoms with E-state index < -0.39 is 22.3 Å². The molecule has 0 spiro atoms. The molecule has 1 aliphatic rings. The molecular formula is C15H17N3O4S. The molecule has 1 unspecified atom stereocenters. The summed E-state index contributed by atoms with van der Waals surface area (Å²) < 4.78 is 30.6. The van der Waals surface area contributed by atoms with Gasteiger partial charge < -0.3 is 10.6 Å². The van der Waals surface area contributed by atoms with Gasteiger partial charge in [-0.25, -0.2) is 4.79 Å². The lowest BCUT2D eigenvalue weighted by atomic mass is 10.1. The Hall–Kier alpha value is -2.19. The Kier molecular flexibility index (Phi) is 4.18. The van der Waals surface area contributed by atoms with Crippen molar-refractivity contribution >= 4 is 26.9 Å². The van der Waals surface area contributed by atoms with Crippen molar-refractivity contribution in [3.05, 3.63) is 36.7 Å². The van der Waals surface area contributed by atoms with Crippen LogP contribution in [0.1, 0.15) is 12.8 Å². The highest BCUT2D eigenvalue weighted by Gasteiger charge is 2.29. The van der Waals surface area contributed by atoms with Crippen molar-refractivity contribution < 1.29 is 17.4 Å². The van der Waals surface area contributed by atoms with E-state index in [1.165, 1.54) is 17.2 Å². The number of fused-ring (bicyclic) bond motifs is 1. The molecule has 3 rings (SSSR count). The second-order valence-corrected chi connectivity index (χ2v) is 6.99. The predicted molar refractivity (Wildman–Crippen MR) is 84.2 cm³/mol. The minimum absolute atomic E-state index is 0.105. The van der Waals surface area contributed by atoms with E-state index in [2.05, 4.69) is 4.98 Å². The summed E-state index contributed by atoms with van der Waals surface area (Å²) in [7, 11) is -3.94. The zero-order chi connectivity index (χ0) is 16.4. The van der Waals surface area contributed by atoms with Crippen LogP contribution in [0, 0.1) is 0 Å². The fourth-order valence-electron chi connectivity index (χ4n) is 2.76. The number of primary amides is 1. The number of aromatic nitrogens is 1. The molecule has 1 aliphatic heterocycles. The molecule has 2 aromatic rings. The minimum atomic E-state index is -3.94. The molecule has 2 N–H and O–H groups in total. The first kappa shape index (κ1) is 15.7. The Morgan fingerprint density at radius 1 is 1.35 bits per heavy atom. The molecule has 0 radical (unpaired) electrons. The molecule has 2 heterocycles. The number of amides is 2. The van der Waals surface area contributed by atoms with E-state index >= 15 is 0 Å². The van der Waals surface area contributed by atoms with E-state index in [1.54, 1.807) is 24.4 Å². The number of rotatable bonds is 3. The first-order valence-electron chi connectivity index (χ1n) is 7.28. The van der Waals surface area contributed by atoms with Gasteiger partial charge in [-0.05, 0) is 25.0 Å². The van der Waals surface area contributed by atoms with Gasteiger partial charge in [0.1, 0.15) is 4.90 Å². The van der Waals surface area contributed by atoms with E-state index in [-0.39, 0.29) is 11.4 Å². The van der Waals surface area contributed by atoms with Gasteiger partial charge >= 0.3 is 6.03 Å². The van der Waals surface area contributed by atoms with Gasteiger partial charge in [0.05, 0.1) is 12.6 Å². The van der Waals surface area contributed by atoms with Crippen molar-refractivity contribution in [2.75, 3.05) is 13.1 Å². The molecule has 23 heavy (non-hydrogen) atoms. The van der Waals surface area contributed by atoms with E-state index in [0.29, 0.717) is 24.8 Å². The summed E-state index contributed by atoms with van der Waals surface area (Å²) in [6.07, 6.45) is 3.77. The van der Waals surface area contributed by atoms with Gasteiger partial charge in [0.15, 0.2) is 0 Å². The van der Waals surface area contributed by atoms with Gasteiger partial charge in [-0.1, -0.05) is 12.1 Å². The first-order valence-corrected chi connectivity index (χ1v) is 8.68. The van der Waals surface area contributed by atoms with Gasteiger partial charge in [-0.2, -0.15) is 8.42 Å². The lowest BCUT2D eigenvalue weighted by Gasteiger charge is -2.30. The summed E-state index contributed by atoms with van der Waals surface area (Å²) >= 11 is 0. The van der Waals surface area contributed by atoms with Crippen LogP contribution in [0.2, 0.25) is 0 Å². The maximum atomic E-state index is 12.6. The number of carbonyl (C=O) groups is 1. The second kappa shape index (κ2) is 6.13. The Labute approximate surface area is 134 Å². The van der Waals surface area contributed by atoms with Gasteiger partial charge in [-0.3, -0.25) is 9.17 Å². The summed E-state index contributed by atoms with van der Waals surface area (Å²) in [5.74, 6) is 0. The van der Waals surface area contributed by atoms with Crippen molar-refractivity contribution in [1.29, 1.82) is 0 Å². The van der Waals surface area contributed by atoms with Crippen LogP contribution in [0.3, 0.4) is 0 Å². The van der Waals surface area contributed by atoms with E-state index in [9.17, 15) is 13.2 Å². The number of hydrogen-bond acceptors (Lipinski definition) is 5. The van der Waals surface area contributed by atoms with E-state index in [0.717, 1.165) is 5.39 Å². The zero-order valence-electron chi connectivity index (χ0n) is 12.4. The Balaban J connectivity index is 1.88. The molecule has 7 nitrogen and oxygen atoms in total. The Bertz CT molecular complexity index is 832. The second-order valence-electron chi connectivity index (χ2n) is 5.45. The fourth-order valence-corrected chi connectivity index (χ4v) is 4.08. The molecule has 2 amide bonds. The van der Waals surface area contributed by atoms with Crippen LogP contribution in [0.15, 0.2) is 41.6 Å². The molecule has 1 aromatic carbocycles. The maximum Gasteiger partial charge on any atom is 0.314 e. The lowest BCUT2D eigenvalue weighted by Crippen LogP contribution is -2.46. The Morgan fingerprint density at radius 2 is 2.17 bits per heavy atom. The van der Waals surface area contributed by atoms with Crippen molar-refractivity contribution in [2.24, 2.45) is 5.73 Å². The van der Waals surface area contributed by atoms with Crippen LogP contribution in [0.4, 0.5) is 4.79 Å². The maximum absolute atomic E-state index is 12.6. The number of carbonyl (C=O) groups excluding carboxylic acids is 1. The van der Waals surface area contributed by atoms with Crippen LogP contribution in [-0.2, 0) is 14.3 Å². The minimum Gasteiger partial charge on any atom is -0.351 e. The number of pyridine rings is 1. The topological polar surface area (TPSA) is 103 Å². The van der Waals surface area contributed by atoms with Crippen LogP contribution in [0.25, 0.3) is 10.8 Å². The SMILES string of the molecule is NC(=O)N1CCCC(OS(=O)(=O)c2cccc3cnccc23)C1. The third kappa shape index (κ3) is 3.27. The summed E-state index contributed by atoms with van der Waals surface area (Å²) in [4.78, 5) is 16.7. The molecular weight excluding hydrogens is 318 g/mol. The van der Waals surface area contributed by atoms with Crippen molar-refractivity contribution in [1.82, 2.24) is 9.88 Å². The lowest BCUT2D eigenvalue weighted by molar-refractivity contribution is 0.109. The molecule has 1 aromatic heterocycles. The quantitative estimate of drug-likeness (QED) is 0.856. The number of piperidine rings is 1. The van der Waals surface area contributed by atoms with E-state index in [4.69, 9.17) is 9.92 Å². The fraction of sp³-hybridized carbons (Fsp3) is 0.333. The number of benzene rings is 1. The van der Waals surface area contributed by atoms with Crippen molar-refractivity contribution in [2.45, 2.75) is 23.8 Å². The van der Waals surface area contributed by atoms with Gasteiger partial charge in [0, 0.05) is 29.7 Å². The summed E-state index contributed by atoms with van der Waals surface area (Å²) in [5.41, 5.74) is 5.25. The Morgan fingerprint density at radius 3 is 2.96 bits per heavy atom. The number of hydrogen-bond donors (Lipinski definition) is 1. The molecule has 1 saturated heterocycles. The first-order chi connectivity index (χ1) is 11.0. The van der Waals surface area contributed by atoms with Crippen LogP contribution in [0.5, 0.6) is 0 Å². The highest BCUT2D eigenvalue weighted by atomic mass is 32.2. The van der Waals surface area contributed by atoms with Crippen LogP contribution in [-0.4, -0.2) is 43.5 Å². The standard InChI is InChI=1S/C15H17N3O4S/c16-15(19)18-8-2-4-12(10-18)22-23(20,21)14-5-1-3-11-9-17-7-6-13(11)14/h1,3,5-7,9,12H,2,4,8,10H2,(H2,16,19). The average Bonchev–Trinajstić information content (AvgIpc) is 2.54. The smallest absolute Gasteiger partial charge is 0.314 e. The predicted octanol–water partition coefficient (Wildman–Crippen LogP) is 1.48. The zero-order valence-corrected chi connectivity index (χ0v) is 13.2. The average molecular weight is 335 g/mol. The third-order valence-electron chi connectivity index (χ3n) is 3.86. The number of nitrogens with two attached hydrogens (primary N) is 1.